The topological polar surface area (TPSA) is 24.5 Å². The predicted octanol–water partition coefficient (Wildman–Crippen LogP) is 3.74. The Labute approximate surface area is 136 Å². The van der Waals surface area contributed by atoms with Gasteiger partial charge in [0.15, 0.2) is 0 Å². The van der Waals surface area contributed by atoms with Crippen LogP contribution in [0.15, 0.2) is 22.7 Å². The van der Waals surface area contributed by atoms with E-state index in [-0.39, 0.29) is 5.60 Å². The number of halogens is 1. The maximum Gasteiger partial charge on any atom is 0.125 e. The average Bonchev–Trinajstić information content (AvgIpc) is 2.49. The van der Waals surface area contributed by atoms with Crippen LogP contribution in [0.2, 0.25) is 0 Å². The van der Waals surface area contributed by atoms with Gasteiger partial charge in [0.25, 0.3) is 0 Å². The fraction of sp³-hybridized carbons (Fsp3) is 0.647. The molecule has 2 heterocycles. The quantitative estimate of drug-likeness (QED) is 0.896. The molecule has 1 unspecified atom stereocenters. The molecule has 0 aromatic heterocycles. The fourth-order valence-electron chi connectivity index (χ4n) is 3.47. The van der Waals surface area contributed by atoms with E-state index in [1.54, 1.807) is 0 Å². The van der Waals surface area contributed by atoms with Crippen LogP contribution in [-0.2, 0) is 0 Å². The van der Waals surface area contributed by atoms with Crippen molar-refractivity contribution in [3.05, 3.63) is 28.2 Å². The summed E-state index contributed by atoms with van der Waals surface area (Å²) in [5.41, 5.74) is 1.33. The Morgan fingerprint density at radius 3 is 2.86 bits per heavy atom. The van der Waals surface area contributed by atoms with Crippen LogP contribution < -0.4 is 10.1 Å². The molecule has 0 amide bonds. The standard InChI is InChI=1S/C17H25BrN2O/c1-3-8-19-15-12-17(6-9-20(2)10-7-17)21-16-5-4-13(18)11-14(15)16/h4-5,11,15,19H,3,6-10,12H2,1-2H3. The highest BCUT2D eigenvalue weighted by molar-refractivity contribution is 9.10. The third-order valence-corrected chi connectivity index (χ3v) is 5.28. The van der Waals surface area contributed by atoms with E-state index in [1.165, 1.54) is 5.56 Å². The third kappa shape index (κ3) is 3.27. The van der Waals surface area contributed by atoms with E-state index < -0.39 is 0 Å². The van der Waals surface area contributed by atoms with Crippen molar-refractivity contribution in [3.8, 4) is 5.75 Å². The van der Waals surface area contributed by atoms with Gasteiger partial charge >= 0.3 is 0 Å². The first-order valence-corrected chi connectivity index (χ1v) is 8.81. The number of rotatable bonds is 3. The lowest BCUT2D eigenvalue weighted by Gasteiger charge is -2.46. The number of benzene rings is 1. The largest absolute Gasteiger partial charge is 0.487 e. The van der Waals surface area contributed by atoms with Gasteiger partial charge in [-0.2, -0.15) is 0 Å². The van der Waals surface area contributed by atoms with E-state index >= 15 is 0 Å². The summed E-state index contributed by atoms with van der Waals surface area (Å²) in [6, 6.07) is 6.84. The molecule has 2 aliphatic heterocycles. The van der Waals surface area contributed by atoms with Crippen LogP contribution in [0, 0.1) is 0 Å². The van der Waals surface area contributed by atoms with Crippen molar-refractivity contribution in [3.63, 3.8) is 0 Å². The van der Waals surface area contributed by atoms with E-state index in [0.29, 0.717) is 6.04 Å². The van der Waals surface area contributed by atoms with Crippen molar-refractivity contribution in [2.75, 3.05) is 26.7 Å². The first-order chi connectivity index (χ1) is 10.1. The zero-order valence-electron chi connectivity index (χ0n) is 13.0. The van der Waals surface area contributed by atoms with Crippen molar-refractivity contribution in [2.45, 2.75) is 44.2 Å². The molecule has 1 atom stereocenters. The molecule has 0 radical (unpaired) electrons. The van der Waals surface area contributed by atoms with Gasteiger partial charge in [-0.05, 0) is 51.1 Å². The molecule has 1 N–H and O–H groups in total. The Kier molecular flexibility index (Phi) is 4.57. The predicted molar refractivity (Wildman–Crippen MR) is 89.9 cm³/mol. The summed E-state index contributed by atoms with van der Waals surface area (Å²) in [5.74, 6) is 1.07. The lowest BCUT2D eigenvalue weighted by Crippen LogP contribution is -2.51. The second-order valence-corrected chi connectivity index (χ2v) is 7.40. The van der Waals surface area contributed by atoms with Crippen LogP contribution in [0.1, 0.15) is 44.2 Å². The summed E-state index contributed by atoms with van der Waals surface area (Å²) in [7, 11) is 2.20. The Morgan fingerprint density at radius 2 is 2.14 bits per heavy atom. The summed E-state index contributed by atoms with van der Waals surface area (Å²) in [5, 5.41) is 3.72. The van der Waals surface area contributed by atoms with Gasteiger partial charge in [0.05, 0.1) is 0 Å². The van der Waals surface area contributed by atoms with E-state index in [2.05, 4.69) is 58.3 Å². The van der Waals surface area contributed by atoms with Crippen molar-refractivity contribution >= 4 is 15.9 Å². The molecule has 2 aliphatic rings. The van der Waals surface area contributed by atoms with Gasteiger partial charge in [-0.3, -0.25) is 0 Å². The van der Waals surface area contributed by atoms with Gasteiger partial charge < -0.3 is 15.0 Å². The Bertz CT molecular complexity index is 498. The van der Waals surface area contributed by atoms with Gasteiger partial charge in [0, 0.05) is 35.6 Å². The molecular weight excluding hydrogens is 328 g/mol. The first kappa shape index (κ1) is 15.3. The van der Waals surface area contributed by atoms with E-state index in [4.69, 9.17) is 4.74 Å². The highest BCUT2D eigenvalue weighted by Gasteiger charge is 2.42. The Hall–Kier alpha value is -0.580. The minimum Gasteiger partial charge on any atom is -0.487 e. The van der Waals surface area contributed by atoms with Crippen LogP contribution in [-0.4, -0.2) is 37.2 Å². The van der Waals surface area contributed by atoms with Gasteiger partial charge in [0.2, 0.25) is 0 Å². The highest BCUT2D eigenvalue weighted by Crippen LogP contribution is 2.44. The second kappa shape index (κ2) is 6.27. The molecular formula is C17H25BrN2O. The molecule has 1 saturated heterocycles. The minimum absolute atomic E-state index is 0.0265. The summed E-state index contributed by atoms with van der Waals surface area (Å²) < 4.78 is 7.62. The van der Waals surface area contributed by atoms with Crippen molar-refractivity contribution in [1.29, 1.82) is 0 Å². The van der Waals surface area contributed by atoms with Crippen molar-refractivity contribution < 1.29 is 4.74 Å². The number of hydrogen-bond donors (Lipinski definition) is 1. The van der Waals surface area contributed by atoms with Crippen molar-refractivity contribution in [2.24, 2.45) is 0 Å². The smallest absolute Gasteiger partial charge is 0.125 e. The van der Waals surface area contributed by atoms with E-state index in [1.807, 2.05) is 0 Å². The zero-order chi connectivity index (χ0) is 14.9. The molecule has 4 heteroatoms. The molecule has 1 spiro atoms. The van der Waals surface area contributed by atoms with E-state index in [9.17, 15) is 0 Å². The molecule has 21 heavy (non-hydrogen) atoms. The maximum absolute atomic E-state index is 6.49. The van der Waals surface area contributed by atoms with Gasteiger partial charge in [-0.1, -0.05) is 22.9 Å². The molecule has 1 fully saturated rings. The molecule has 116 valence electrons. The lowest BCUT2D eigenvalue weighted by atomic mass is 9.80. The highest BCUT2D eigenvalue weighted by atomic mass is 79.9. The molecule has 1 aromatic rings. The number of hydrogen-bond acceptors (Lipinski definition) is 3. The summed E-state index contributed by atoms with van der Waals surface area (Å²) >= 11 is 3.59. The first-order valence-electron chi connectivity index (χ1n) is 8.02. The summed E-state index contributed by atoms with van der Waals surface area (Å²) in [6.07, 6.45) is 4.51. The average molecular weight is 353 g/mol. The van der Waals surface area contributed by atoms with Crippen LogP contribution in [0.5, 0.6) is 5.75 Å². The third-order valence-electron chi connectivity index (χ3n) is 4.79. The van der Waals surface area contributed by atoms with Gasteiger partial charge in [0.1, 0.15) is 11.4 Å². The molecule has 1 aromatic carbocycles. The normalized spacial score (nSPS) is 24.6. The number of piperidine rings is 1. The monoisotopic (exact) mass is 352 g/mol. The summed E-state index contributed by atoms with van der Waals surface area (Å²) in [4.78, 5) is 2.40. The SMILES string of the molecule is CCCNC1CC2(CCN(C)CC2)Oc2ccc(Br)cc21. The number of ether oxygens (including phenoxy) is 1. The number of fused-ring (bicyclic) bond motifs is 1. The van der Waals surface area contributed by atoms with Crippen LogP contribution in [0.25, 0.3) is 0 Å². The number of likely N-dealkylation sites (tertiary alicyclic amines) is 1. The van der Waals surface area contributed by atoms with Crippen LogP contribution >= 0.6 is 15.9 Å². The molecule has 0 aliphatic carbocycles. The Balaban J connectivity index is 1.87. The molecule has 3 rings (SSSR count). The summed E-state index contributed by atoms with van der Waals surface area (Å²) in [6.45, 7) is 5.55. The van der Waals surface area contributed by atoms with Crippen LogP contribution in [0.4, 0.5) is 0 Å². The fourth-order valence-corrected chi connectivity index (χ4v) is 3.85. The van der Waals surface area contributed by atoms with Gasteiger partial charge in [-0.25, -0.2) is 0 Å². The maximum atomic E-state index is 6.49. The van der Waals surface area contributed by atoms with Gasteiger partial charge in [-0.15, -0.1) is 0 Å². The zero-order valence-corrected chi connectivity index (χ0v) is 14.6. The minimum atomic E-state index is 0.0265. The molecule has 3 nitrogen and oxygen atoms in total. The lowest BCUT2D eigenvalue weighted by molar-refractivity contribution is -0.0202. The van der Waals surface area contributed by atoms with Crippen LogP contribution in [0.3, 0.4) is 0 Å². The Morgan fingerprint density at radius 1 is 1.38 bits per heavy atom. The molecule has 0 bridgehead atoms. The number of nitrogens with zero attached hydrogens (tertiary/aromatic N) is 1. The second-order valence-electron chi connectivity index (χ2n) is 6.48. The number of nitrogens with one attached hydrogen (secondary N) is 1. The van der Waals surface area contributed by atoms with E-state index in [0.717, 1.165) is 55.5 Å². The molecule has 0 saturated carbocycles. The van der Waals surface area contributed by atoms with Crippen molar-refractivity contribution in [1.82, 2.24) is 10.2 Å².